The Morgan fingerprint density at radius 2 is 1.69 bits per heavy atom. The SMILES string of the molecule is Cc1ccc(S(=O)(=O)/C(C#N)=C/c2c(Oc3ccc(C(C)(C)C)cc3)nc3ccccn3c2=O)cc1. The molecule has 0 amide bonds. The first-order valence-electron chi connectivity index (χ1n) is 11.2. The number of nitrogens with zero attached hydrogens (tertiary/aromatic N) is 3. The maximum absolute atomic E-state index is 13.4. The zero-order valence-corrected chi connectivity index (χ0v) is 21.2. The highest BCUT2D eigenvalue weighted by Crippen LogP contribution is 2.29. The predicted molar refractivity (Wildman–Crippen MR) is 139 cm³/mol. The molecule has 0 spiro atoms. The summed E-state index contributed by atoms with van der Waals surface area (Å²) in [5, 5.41) is 9.76. The Hall–Kier alpha value is -4.22. The number of hydrogen-bond acceptors (Lipinski definition) is 6. The Morgan fingerprint density at radius 3 is 2.31 bits per heavy atom. The fraction of sp³-hybridized carbons (Fsp3) is 0.179. The third kappa shape index (κ3) is 4.92. The number of sulfone groups is 1. The standard InChI is InChI=1S/C28H25N3O4S/c1-19-8-14-22(15-9-19)36(33,34)23(18-29)17-24-26(30-25-7-5-6-16-31(25)27(24)32)35-21-12-10-20(11-13-21)28(2,3)4/h5-17H,1-4H3/b23-17+. The van der Waals surface area contributed by atoms with Crippen LogP contribution in [0.1, 0.15) is 37.5 Å². The van der Waals surface area contributed by atoms with Crippen molar-refractivity contribution < 1.29 is 13.2 Å². The van der Waals surface area contributed by atoms with Gasteiger partial charge < -0.3 is 4.74 Å². The maximum Gasteiger partial charge on any atom is 0.269 e. The van der Waals surface area contributed by atoms with Gasteiger partial charge in [-0.25, -0.2) is 8.42 Å². The molecule has 0 fully saturated rings. The van der Waals surface area contributed by atoms with E-state index in [0.717, 1.165) is 17.2 Å². The van der Waals surface area contributed by atoms with E-state index in [1.807, 2.05) is 19.1 Å². The van der Waals surface area contributed by atoms with Crippen LogP contribution in [0.3, 0.4) is 0 Å². The molecule has 182 valence electrons. The molecule has 7 nitrogen and oxygen atoms in total. The summed E-state index contributed by atoms with van der Waals surface area (Å²) in [5.41, 5.74) is 1.53. The molecule has 0 saturated heterocycles. The van der Waals surface area contributed by atoms with E-state index in [2.05, 4.69) is 25.8 Å². The number of benzene rings is 2. The molecule has 0 bridgehead atoms. The fourth-order valence-electron chi connectivity index (χ4n) is 3.56. The average molecular weight is 500 g/mol. The number of rotatable bonds is 5. The summed E-state index contributed by atoms with van der Waals surface area (Å²) in [6, 6.07) is 20.2. The molecule has 0 atom stereocenters. The molecule has 0 radical (unpaired) electrons. The van der Waals surface area contributed by atoms with E-state index in [9.17, 15) is 18.5 Å². The molecule has 8 heteroatoms. The highest BCUT2D eigenvalue weighted by molar-refractivity contribution is 7.95. The molecule has 2 aromatic heterocycles. The topological polar surface area (TPSA) is 102 Å². The highest BCUT2D eigenvalue weighted by atomic mass is 32.2. The van der Waals surface area contributed by atoms with Crippen LogP contribution in [-0.4, -0.2) is 17.8 Å². The van der Waals surface area contributed by atoms with E-state index >= 15 is 0 Å². The van der Waals surface area contributed by atoms with Gasteiger partial charge in [0.25, 0.3) is 5.56 Å². The first-order valence-corrected chi connectivity index (χ1v) is 12.7. The van der Waals surface area contributed by atoms with E-state index in [4.69, 9.17) is 4.74 Å². The van der Waals surface area contributed by atoms with E-state index in [0.29, 0.717) is 11.4 Å². The molecule has 0 unspecified atom stereocenters. The molecule has 0 N–H and O–H groups in total. The van der Waals surface area contributed by atoms with Gasteiger partial charge in [-0.15, -0.1) is 0 Å². The van der Waals surface area contributed by atoms with Crippen LogP contribution in [-0.2, 0) is 15.3 Å². The number of aryl methyl sites for hydroxylation is 1. The van der Waals surface area contributed by atoms with Crippen LogP contribution in [0.15, 0.2) is 87.5 Å². The minimum atomic E-state index is -4.18. The van der Waals surface area contributed by atoms with Crippen molar-refractivity contribution in [1.29, 1.82) is 5.26 Å². The van der Waals surface area contributed by atoms with Crippen molar-refractivity contribution in [1.82, 2.24) is 9.38 Å². The highest BCUT2D eigenvalue weighted by Gasteiger charge is 2.24. The van der Waals surface area contributed by atoms with Crippen LogP contribution in [0.2, 0.25) is 0 Å². The van der Waals surface area contributed by atoms with Crippen LogP contribution >= 0.6 is 0 Å². The van der Waals surface area contributed by atoms with Gasteiger partial charge in [-0.05, 0) is 60.4 Å². The van der Waals surface area contributed by atoms with Crippen molar-refractivity contribution in [2.45, 2.75) is 38.0 Å². The number of nitriles is 1. The summed E-state index contributed by atoms with van der Waals surface area (Å²) in [4.78, 5) is 17.2. The average Bonchev–Trinajstić information content (AvgIpc) is 2.84. The molecule has 0 aliphatic heterocycles. The molecular weight excluding hydrogens is 474 g/mol. The Balaban J connectivity index is 1.88. The van der Waals surface area contributed by atoms with E-state index in [1.165, 1.54) is 22.7 Å². The molecule has 0 aliphatic carbocycles. The third-order valence-electron chi connectivity index (χ3n) is 5.68. The molecule has 36 heavy (non-hydrogen) atoms. The minimum Gasteiger partial charge on any atom is -0.438 e. The van der Waals surface area contributed by atoms with E-state index in [-0.39, 0.29) is 21.8 Å². The third-order valence-corrected chi connectivity index (χ3v) is 7.36. The number of allylic oxidation sites excluding steroid dienone is 1. The Kier molecular flexibility index (Phi) is 6.53. The lowest BCUT2D eigenvalue weighted by molar-refractivity contribution is 0.460. The van der Waals surface area contributed by atoms with Gasteiger partial charge in [0.1, 0.15) is 27.9 Å². The number of ether oxygens (including phenoxy) is 1. The van der Waals surface area contributed by atoms with Gasteiger partial charge in [-0.2, -0.15) is 10.2 Å². The van der Waals surface area contributed by atoms with Crippen molar-refractivity contribution in [3.8, 4) is 17.7 Å². The largest absolute Gasteiger partial charge is 0.438 e. The number of fused-ring (bicyclic) bond motifs is 1. The van der Waals surface area contributed by atoms with E-state index < -0.39 is 20.3 Å². The van der Waals surface area contributed by atoms with Gasteiger partial charge >= 0.3 is 0 Å². The molecule has 0 saturated carbocycles. The summed E-state index contributed by atoms with van der Waals surface area (Å²) >= 11 is 0. The van der Waals surface area contributed by atoms with Crippen molar-refractivity contribution in [2.75, 3.05) is 0 Å². The van der Waals surface area contributed by atoms with Gasteiger partial charge in [0, 0.05) is 6.20 Å². The lowest BCUT2D eigenvalue weighted by atomic mass is 9.87. The van der Waals surface area contributed by atoms with Crippen LogP contribution in [0.4, 0.5) is 0 Å². The second kappa shape index (κ2) is 9.44. The summed E-state index contributed by atoms with van der Waals surface area (Å²) in [6.45, 7) is 8.11. The van der Waals surface area contributed by atoms with Gasteiger partial charge in [0.15, 0.2) is 0 Å². The van der Waals surface area contributed by atoms with Crippen molar-refractivity contribution in [3.05, 3.63) is 105 Å². The number of aromatic nitrogens is 2. The van der Waals surface area contributed by atoms with E-state index in [1.54, 1.807) is 48.5 Å². The summed E-state index contributed by atoms with van der Waals surface area (Å²) in [5.74, 6) is 0.325. The van der Waals surface area contributed by atoms with Crippen LogP contribution in [0, 0.1) is 18.3 Å². The van der Waals surface area contributed by atoms with Crippen molar-refractivity contribution >= 4 is 21.6 Å². The second-order valence-electron chi connectivity index (χ2n) is 9.38. The first-order chi connectivity index (χ1) is 17.0. The zero-order chi connectivity index (χ0) is 26.1. The molecule has 2 aromatic carbocycles. The Morgan fingerprint density at radius 1 is 1.03 bits per heavy atom. The number of hydrogen-bond donors (Lipinski definition) is 0. The van der Waals surface area contributed by atoms with Crippen LogP contribution in [0.25, 0.3) is 11.7 Å². The predicted octanol–water partition coefficient (Wildman–Crippen LogP) is 5.43. The quantitative estimate of drug-likeness (QED) is 0.339. The minimum absolute atomic E-state index is 0.0463. The number of pyridine rings is 1. The van der Waals surface area contributed by atoms with Gasteiger partial charge in [-0.3, -0.25) is 9.20 Å². The Bertz CT molecular complexity index is 1670. The summed E-state index contributed by atoms with van der Waals surface area (Å²) < 4.78 is 33.6. The lowest BCUT2D eigenvalue weighted by Gasteiger charge is -2.19. The van der Waals surface area contributed by atoms with Gasteiger partial charge in [-0.1, -0.05) is 56.7 Å². The lowest BCUT2D eigenvalue weighted by Crippen LogP contribution is -2.19. The molecule has 4 aromatic rings. The maximum atomic E-state index is 13.4. The van der Waals surface area contributed by atoms with Crippen LogP contribution in [0.5, 0.6) is 11.6 Å². The second-order valence-corrected chi connectivity index (χ2v) is 11.3. The molecular formula is C28H25N3O4S. The molecule has 4 rings (SSSR count). The summed E-state index contributed by atoms with van der Waals surface area (Å²) in [7, 11) is -4.18. The monoisotopic (exact) mass is 499 g/mol. The Labute approximate surface area is 209 Å². The van der Waals surface area contributed by atoms with Crippen LogP contribution < -0.4 is 10.3 Å². The zero-order valence-electron chi connectivity index (χ0n) is 20.4. The van der Waals surface area contributed by atoms with Gasteiger partial charge in [0.2, 0.25) is 15.7 Å². The first kappa shape index (κ1) is 24.9. The normalized spacial score (nSPS) is 12.4. The molecule has 0 aliphatic rings. The fourth-order valence-corrected chi connectivity index (χ4v) is 4.71. The summed E-state index contributed by atoms with van der Waals surface area (Å²) in [6.07, 6.45) is 2.55. The van der Waals surface area contributed by atoms with Crippen molar-refractivity contribution in [2.24, 2.45) is 0 Å². The van der Waals surface area contributed by atoms with Crippen molar-refractivity contribution in [3.63, 3.8) is 0 Å². The smallest absolute Gasteiger partial charge is 0.269 e. The van der Waals surface area contributed by atoms with Gasteiger partial charge in [0.05, 0.1) is 4.90 Å². The molecule has 2 heterocycles.